The Morgan fingerprint density at radius 2 is 0.765 bits per heavy atom. The third kappa shape index (κ3) is 330. The maximum absolute atomic E-state index is 8.55. The van der Waals surface area contributed by atoms with Crippen molar-refractivity contribution in [1.82, 2.24) is 0 Å². The smallest absolute Gasteiger partial charge is 2.00 e. The van der Waals surface area contributed by atoms with Crippen molar-refractivity contribution in [2.24, 2.45) is 0 Å². The summed E-state index contributed by atoms with van der Waals surface area (Å²) in [5.41, 5.74) is 0. The van der Waals surface area contributed by atoms with Crippen molar-refractivity contribution in [3.63, 3.8) is 0 Å². The Balaban J connectivity index is -0.00000000508. The second-order valence-electron chi connectivity index (χ2n) is 0.894. The van der Waals surface area contributed by atoms with E-state index in [1.807, 2.05) is 0 Å². The Kier molecular flexibility index (Phi) is 97.6. The zero-order chi connectivity index (χ0) is 9.00. The van der Waals surface area contributed by atoms with E-state index in [-0.39, 0.29) is 145 Å². The van der Waals surface area contributed by atoms with E-state index in [1.165, 1.54) is 0 Å². The summed E-state index contributed by atoms with van der Waals surface area (Å²) in [7, 11) is -10.8. The molecule has 0 heterocycles. The van der Waals surface area contributed by atoms with Crippen LogP contribution in [0, 0.1) is 0 Å². The van der Waals surface area contributed by atoms with Gasteiger partial charge in [-0.3, -0.25) is 0 Å². The van der Waals surface area contributed by atoms with Crippen LogP contribution in [0.4, 0.5) is 0 Å². The predicted octanol–water partition coefficient (Wildman–Crippen LogP) is -8.55. The topological polar surface area (TPSA) is 201 Å². The van der Waals surface area contributed by atoms with E-state index in [2.05, 4.69) is 0 Å². The molecule has 0 aliphatic heterocycles. The van der Waals surface area contributed by atoms with Gasteiger partial charge in [0, 0.05) is 22.4 Å². The van der Waals surface area contributed by atoms with Gasteiger partial charge in [-0.15, -0.1) is 0 Å². The summed E-state index contributed by atoms with van der Waals surface area (Å²) in [5.74, 6) is 0. The third-order valence-corrected chi connectivity index (χ3v) is 0. The molecule has 0 bridgehead atoms. The van der Waals surface area contributed by atoms with Gasteiger partial charge in [-0.2, -0.15) is 15.6 Å². The molecule has 0 atom stereocenters. The van der Waals surface area contributed by atoms with Gasteiger partial charge in [-0.1, -0.05) is 0 Å². The minimum absolute atomic E-state index is 0. The monoisotopic (exact) mass is 620 g/mol. The molecule has 0 aromatic heterocycles. The molecule has 0 rings (SSSR count). The van der Waals surface area contributed by atoms with Gasteiger partial charge in [0.25, 0.3) is 0 Å². The van der Waals surface area contributed by atoms with Crippen LogP contribution in [-0.2, 0) is 122 Å². The zero-order valence-corrected chi connectivity index (χ0v) is 25.1. The fraction of sp³-hybridized carbons (Fsp3) is 0. The van der Waals surface area contributed by atoms with Crippen molar-refractivity contribution in [1.29, 1.82) is 0 Å². The molecule has 9 nitrogen and oxygen atoms in total. The summed E-state index contributed by atoms with van der Waals surface area (Å²) in [5, 5.41) is 0. The van der Waals surface area contributed by atoms with Crippen molar-refractivity contribution in [2.75, 3.05) is 0 Å². The molecule has 0 saturated carbocycles. The van der Waals surface area contributed by atoms with Crippen LogP contribution >= 0.6 is 15.6 Å². The van der Waals surface area contributed by atoms with Crippen LogP contribution in [0.3, 0.4) is 0 Å². The first-order valence-electron chi connectivity index (χ1n) is 1.46. The molecule has 17 heavy (non-hydrogen) atoms. The van der Waals surface area contributed by atoms with Gasteiger partial charge in [0.05, 0.1) is 0 Å². The van der Waals surface area contributed by atoms with Crippen molar-refractivity contribution >= 4 is 15.6 Å². The summed E-state index contributed by atoms with van der Waals surface area (Å²) in [6.07, 6.45) is 0. The fourth-order valence-electron chi connectivity index (χ4n) is 0. The van der Waals surface area contributed by atoms with Crippen LogP contribution in [0.2, 0.25) is 0 Å². The van der Waals surface area contributed by atoms with Crippen LogP contribution < -0.4 is 58.9 Å². The minimum Gasteiger partial charge on any atom is -2.00 e. The maximum atomic E-state index is 8.55. The average Bonchev–Trinajstić information content (AvgIpc) is 1.12. The molecule has 0 unspecified atom stereocenters. The molecule has 0 N–H and O–H groups in total. The summed E-state index contributed by atoms with van der Waals surface area (Å²) in [6.45, 7) is 0. The van der Waals surface area contributed by atoms with Gasteiger partial charge in [0.15, 0.2) is 0 Å². The largest absolute Gasteiger partial charge is 4.00 e. The van der Waals surface area contributed by atoms with Crippen LogP contribution in [0.5, 0.6) is 0 Å². The first-order valence-corrected chi connectivity index (χ1v) is 4.38. The van der Waals surface area contributed by atoms with E-state index in [9.17, 15) is 0 Å². The van der Waals surface area contributed by atoms with Crippen molar-refractivity contribution in [3.8, 4) is 0 Å². The molecular formula is H2AgNaO9P2Zn3Zr+3. The number of rotatable bonds is 0. The summed E-state index contributed by atoms with van der Waals surface area (Å²) in [6, 6.07) is 0. The minimum atomic E-state index is -5.39. The Morgan fingerprint density at radius 3 is 0.765 bits per heavy atom. The second-order valence-corrected chi connectivity index (χ2v) is 2.68. The summed E-state index contributed by atoms with van der Waals surface area (Å²) in [4.78, 5) is 51.3. The van der Waals surface area contributed by atoms with Crippen LogP contribution in [-0.4, -0.2) is 0 Å². The van der Waals surface area contributed by atoms with Gasteiger partial charge >= 0.3 is 116 Å². The average molecular weight is 626 g/mol. The molecule has 0 spiro atoms. The SMILES string of the molecule is O=P([O-])([O-])[O-].O=P([O-])([O-])[O-].[Ag].[H+].[H-].[Na+].[O-2].[Zn+2].[Zn+2].[Zn+2].[Zr+4]. The first kappa shape index (κ1) is 57.7. The Hall–Kier alpha value is 4.67. The van der Waals surface area contributed by atoms with E-state index in [1.54, 1.807) is 0 Å². The van der Waals surface area contributed by atoms with E-state index >= 15 is 0 Å². The van der Waals surface area contributed by atoms with E-state index in [0.29, 0.717) is 0 Å². The van der Waals surface area contributed by atoms with Crippen molar-refractivity contribution in [2.45, 2.75) is 0 Å². The fourth-order valence-corrected chi connectivity index (χ4v) is 0. The van der Waals surface area contributed by atoms with Gasteiger partial charge in [-0.05, 0) is 0 Å². The third-order valence-electron chi connectivity index (χ3n) is 0. The molecule has 0 amide bonds. The molecule has 0 aliphatic carbocycles. The normalized spacial score (nSPS) is 6.94. The van der Waals surface area contributed by atoms with Crippen LogP contribution in [0.25, 0.3) is 0 Å². The summed E-state index contributed by atoms with van der Waals surface area (Å²) >= 11 is 0. The second kappa shape index (κ2) is 28.8. The Morgan fingerprint density at radius 1 is 0.765 bits per heavy atom. The Bertz CT molecular complexity index is 156. The summed E-state index contributed by atoms with van der Waals surface area (Å²) < 4.78 is 17.1. The van der Waals surface area contributed by atoms with Crippen LogP contribution in [0.1, 0.15) is 2.85 Å². The number of hydrogen-bond donors (Lipinski definition) is 0. The van der Waals surface area contributed by atoms with E-state index in [4.69, 9.17) is 38.5 Å². The molecule has 0 aromatic rings. The predicted molar refractivity (Wildman–Crippen MR) is 18.1 cm³/mol. The van der Waals surface area contributed by atoms with Crippen molar-refractivity contribution < 1.29 is 183 Å². The molecule has 1 radical (unpaired) electrons. The molecule has 0 fully saturated rings. The van der Waals surface area contributed by atoms with Gasteiger partial charge in [-0.25, -0.2) is 0 Å². The van der Waals surface area contributed by atoms with E-state index < -0.39 is 15.6 Å². The van der Waals surface area contributed by atoms with Gasteiger partial charge in [0.2, 0.25) is 0 Å². The molecule has 0 aliphatic rings. The maximum Gasteiger partial charge on any atom is 4.00 e. The van der Waals surface area contributed by atoms with Gasteiger partial charge in [0.1, 0.15) is 0 Å². The van der Waals surface area contributed by atoms with E-state index in [0.717, 1.165) is 0 Å². The zero-order valence-electron chi connectivity index (χ0n) is 10.5. The van der Waals surface area contributed by atoms with Crippen molar-refractivity contribution in [3.05, 3.63) is 0 Å². The first-order chi connectivity index (χ1) is 4.00. The molecule has 85 valence electrons. The molecule has 0 aromatic carbocycles. The van der Waals surface area contributed by atoms with Crippen LogP contribution in [0.15, 0.2) is 0 Å². The molecular weight excluding hydrogens is 624 g/mol. The Labute approximate surface area is 196 Å². The number of hydrogen-bond acceptors (Lipinski definition) is 8. The molecule has 17 heteroatoms. The standard InChI is InChI=1S/Ag.Na.2H3O4P.O.3Zn.Zr.H/c;;2*1-5(2,3)4;;;;;;/h;;2*(H3,1,2,3,4);;;;;;/q;+1;;;-2;3*+2;+4;-1/p-5. The quantitative estimate of drug-likeness (QED) is 0.186. The molecule has 0 saturated heterocycles. The number of phosphoric acid groups is 2. The van der Waals surface area contributed by atoms with Gasteiger partial charge < -0.3 is 45.4 Å².